The third kappa shape index (κ3) is 4.57. The molecule has 4 heteroatoms. The monoisotopic (exact) mass is 223 g/mol. The van der Waals surface area contributed by atoms with Crippen molar-refractivity contribution < 1.29 is 4.74 Å². The van der Waals surface area contributed by atoms with Gasteiger partial charge in [-0.2, -0.15) is 5.10 Å². The Labute approximate surface area is 97.4 Å². The van der Waals surface area contributed by atoms with Gasteiger partial charge in [0.15, 0.2) is 0 Å². The van der Waals surface area contributed by atoms with Gasteiger partial charge in [-0.25, -0.2) is 0 Å². The normalized spacial score (nSPS) is 11.5. The number of hydrogen-bond donors (Lipinski definition) is 1. The number of rotatable bonds is 6. The predicted molar refractivity (Wildman–Crippen MR) is 65.5 cm³/mol. The molecule has 4 nitrogen and oxygen atoms in total. The smallest absolute Gasteiger partial charge is 0.148 e. The number of hydrogen-bond acceptors (Lipinski definition) is 4. The summed E-state index contributed by atoms with van der Waals surface area (Å²) in [5.74, 6) is 0.830. The third-order valence-corrected chi connectivity index (χ3v) is 2.53. The second-order valence-electron chi connectivity index (χ2n) is 4.82. The average molecular weight is 223 g/mol. The fraction of sp³-hybridized carbons (Fsp3) is 0.667. The summed E-state index contributed by atoms with van der Waals surface area (Å²) < 4.78 is 5.09. The molecule has 0 aromatic carbocycles. The maximum Gasteiger partial charge on any atom is 0.148 e. The number of nitrogens with zero attached hydrogens (tertiary/aromatic N) is 2. The second kappa shape index (κ2) is 5.80. The van der Waals surface area contributed by atoms with Crippen molar-refractivity contribution in [3.05, 3.63) is 17.8 Å². The van der Waals surface area contributed by atoms with Crippen LogP contribution in [-0.2, 0) is 4.74 Å². The molecule has 0 spiro atoms. The first kappa shape index (κ1) is 12.9. The summed E-state index contributed by atoms with van der Waals surface area (Å²) >= 11 is 0. The number of aromatic nitrogens is 2. The summed E-state index contributed by atoms with van der Waals surface area (Å²) in [4.78, 5) is 0. The van der Waals surface area contributed by atoms with Gasteiger partial charge in [0.1, 0.15) is 5.82 Å². The zero-order valence-corrected chi connectivity index (χ0v) is 10.6. The molecule has 0 atom stereocenters. The molecule has 0 saturated carbocycles. The topological polar surface area (TPSA) is 47.0 Å². The van der Waals surface area contributed by atoms with Crippen LogP contribution in [0, 0.1) is 12.3 Å². The Kier molecular flexibility index (Phi) is 4.68. The van der Waals surface area contributed by atoms with E-state index in [0.29, 0.717) is 0 Å². The van der Waals surface area contributed by atoms with Crippen molar-refractivity contribution in [1.82, 2.24) is 10.2 Å². The molecule has 1 N–H and O–H groups in total. The average Bonchev–Trinajstić information content (AvgIpc) is 2.26. The van der Waals surface area contributed by atoms with Crippen LogP contribution in [0.15, 0.2) is 12.1 Å². The SMILES string of the molecule is COCCC(C)(C)CNc1ccc(C)nn1. The van der Waals surface area contributed by atoms with E-state index in [4.69, 9.17) is 4.74 Å². The lowest BCUT2D eigenvalue weighted by Gasteiger charge is -2.24. The Balaban J connectivity index is 2.41. The summed E-state index contributed by atoms with van der Waals surface area (Å²) in [5.41, 5.74) is 1.13. The van der Waals surface area contributed by atoms with Crippen molar-refractivity contribution in [3.63, 3.8) is 0 Å². The zero-order valence-electron chi connectivity index (χ0n) is 10.6. The molecule has 1 heterocycles. The van der Waals surface area contributed by atoms with Crippen LogP contribution in [-0.4, -0.2) is 30.5 Å². The summed E-state index contributed by atoms with van der Waals surface area (Å²) in [6, 6.07) is 3.91. The molecule has 0 unspecified atom stereocenters. The van der Waals surface area contributed by atoms with Gasteiger partial charge in [-0.15, -0.1) is 5.10 Å². The molecule has 0 amide bonds. The summed E-state index contributed by atoms with van der Waals surface area (Å²) in [5, 5.41) is 11.4. The van der Waals surface area contributed by atoms with E-state index in [1.807, 2.05) is 19.1 Å². The van der Waals surface area contributed by atoms with Crippen molar-refractivity contribution in [2.24, 2.45) is 5.41 Å². The summed E-state index contributed by atoms with van der Waals surface area (Å²) in [7, 11) is 1.73. The Hall–Kier alpha value is -1.16. The highest BCUT2D eigenvalue weighted by molar-refractivity contribution is 5.32. The van der Waals surface area contributed by atoms with E-state index in [0.717, 1.165) is 31.1 Å². The minimum Gasteiger partial charge on any atom is -0.385 e. The molecule has 16 heavy (non-hydrogen) atoms. The fourth-order valence-electron chi connectivity index (χ4n) is 1.29. The maximum atomic E-state index is 5.09. The van der Waals surface area contributed by atoms with E-state index >= 15 is 0 Å². The van der Waals surface area contributed by atoms with Crippen LogP contribution in [0.1, 0.15) is 26.0 Å². The van der Waals surface area contributed by atoms with E-state index in [1.165, 1.54) is 0 Å². The zero-order chi connectivity index (χ0) is 12.0. The predicted octanol–water partition coefficient (Wildman–Crippen LogP) is 2.26. The van der Waals surface area contributed by atoms with E-state index in [1.54, 1.807) is 7.11 Å². The largest absolute Gasteiger partial charge is 0.385 e. The quantitative estimate of drug-likeness (QED) is 0.803. The number of anilines is 1. The molecule has 0 fully saturated rings. The minimum atomic E-state index is 0.197. The highest BCUT2D eigenvalue weighted by Crippen LogP contribution is 2.20. The molecule has 1 aromatic heterocycles. The van der Waals surface area contributed by atoms with Gasteiger partial charge < -0.3 is 10.1 Å². The van der Waals surface area contributed by atoms with Gasteiger partial charge in [-0.1, -0.05) is 13.8 Å². The third-order valence-electron chi connectivity index (χ3n) is 2.53. The number of ether oxygens (including phenoxy) is 1. The molecule has 0 aliphatic rings. The Bertz CT molecular complexity index is 309. The Morgan fingerprint density at radius 3 is 2.62 bits per heavy atom. The molecule has 1 aromatic rings. The van der Waals surface area contributed by atoms with Crippen molar-refractivity contribution >= 4 is 5.82 Å². The number of nitrogens with one attached hydrogen (secondary N) is 1. The molecule has 0 aliphatic carbocycles. The second-order valence-corrected chi connectivity index (χ2v) is 4.82. The van der Waals surface area contributed by atoms with E-state index in [2.05, 4.69) is 29.4 Å². The van der Waals surface area contributed by atoms with Crippen LogP contribution in [0.4, 0.5) is 5.82 Å². The molecular weight excluding hydrogens is 202 g/mol. The molecule has 1 rings (SSSR count). The summed E-state index contributed by atoms with van der Waals surface area (Å²) in [6.45, 7) is 8.00. The number of aryl methyl sites for hydroxylation is 1. The first-order valence-corrected chi connectivity index (χ1v) is 5.57. The van der Waals surface area contributed by atoms with Gasteiger partial charge in [0.05, 0.1) is 5.69 Å². The van der Waals surface area contributed by atoms with Gasteiger partial charge >= 0.3 is 0 Å². The minimum absolute atomic E-state index is 0.197. The van der Waals surface area contributed by atoms with Crippen molar-refractivity contribution in [1.29, 1.82) is 0 Å². The molecular formula is C12H21N3O. The first-order chi connectivity index (χ1) is 7.53. The summed E-state index contributed by atoms with van der Waals surface area (Å²) in [6.07, 6.45) is 1.02. The molecule has 0 radical (unpaired) electrons. The highest BCUT2D eigenvalue weighted by atomic mass is 16.5. The van der Waals surface area contributed by atoms with E-state index < -0.39 is 0 Å². The van der Waals surface area contributed by atoms with E-state index in [9.17, 15) is 0 Å². The Morgan fingerprint density at radius 2 is 2.06 bits per heavy atom. The standard InChI is InChI=1S/C12H21N3O/c1-10-5-6-11(15-14-10)13-9-12(2,3)7-8-16-4/h5-6H,7-9H2,1-4H3,(H,13,15). The van der Waals surface area contributed by atoms with Crippen LogP contribution < -0.4 is 5.32 Å². The van der Waals surface area contributed by atoms with Crippen LogP contribution in [0.2, 0.25) is 0 Å². The maximum absolute atomic E-state index is 5.09. The van der Waals surface area contributed by atoms with Crippen molar-refractivity contribution in [3.8, 4) is 0 Å². The van der Waals surface area contributed by atoms with Gasteiger partial charge in [0.2, 0.25) is 0 Å². The molecule has 90 valence electrons. The van der Waals surface area contributed by atoms with Gasteiger partial charge in [-0.3, -0.25) is 0 Å². The van der Waals surface area contributed by atoms with E-state index in [-0.39, 0.29) is 5.41 Å². The first-order valence-electron chi connectivity index (χ1n) is 5.57. The van der Waals surface area contributed by atoms with Gasteiger partial charge in [-0.05, 0) is 30.9 Å². The van der Waals surface area contributed by atoms with Gasteiger partial charge in [0, 0.05) is 20.3 Å². The van der Waals surface area contributed by atoms with Crippen LogP contribution in [0.25, 0.3) is 0 Å². The van der Waals surface area contributed by atoms with Gasteiger partial charge in [0.25, 0.3) is 0 Å². The molecule has 0 aliphatic heterocycles. The highest BCUT2D eigenvalue weighted by Gasteiger charge is 2.17. The molecule has 0 saturated heterocycles. The lowest BCUT2D eigenvalue weighted by molar-refractivity contribution is 0.157. The Morgan fingerprint density at radius 1 is 1.31 bits per heavy atom. The van der Waals surface area contributed by atoms with Crippen LogP contribution in [0.3, 0.4) is 0 Å². The van der Waals surface area contributed by atoms with Crippen LogP contribution in [0.5, 0.6) is 0 Å². The fourth-order valence-corrected chi connectivity index (χ4v) is 1.29. The lowest BCUT2D eigenvalue weighted by Crippen LogP contribution is -2.25. The van der Waals surface area contributed by atoms with Crippen molar-refractivity contribution in [2.75, 3.05) is 25.6 Å². The van der Waals surface area contributed by atoms with Crippen LogP contribution >= 0.6 is 0 Å². The number of methoxy groups -OCH3 is 1. The molecule has 0 bridgehead atoms. The van der Waals surface area contributed by atoms with Crippen molar-refractivity contribution in [2.45, 2.75) is 27.2 Å². The lowest BCUT2D eigenvalue weighted by atomic mass is 9.90.